The van der Waals surface area contributed by atoms with Gasteiger partial charge in [-0.05, 0) is 57.7 Å². The lowest BCUT2D eigenvalue weighted by Gasteiger charge is -2.18. The fraction of sp³-hybridized carbons (Fsp3) is 0.524. The van der Waals surface area contributed by atoms with Crippen molar-refractivity contribution in [3.63, 3.8) is 0 Å². The fourth-order valence-electron chi connectivity index (χ4n) is 4.25. The third-order valence-electron chi connectivity index (χ3n) is 6.07. The molecule has 0 N–H and O–H groups in total. The van der Waals surface area contributed by atoms with Gasteiger partial charge < -0.3 is 9.80 Å². The summed E-state index contributed by atoms with van der Waals surface area (Å²) in [4.78, 5) is 14.2. The van der Waals surface area contributed by atoms with Gasteiger partial charge >= 0.3 is 0 Å². The third kappa shape index (κ3) is 3.26. The summed E-state index contributed by atoms with van der Waals surface area (Å²) in [5.41, 5.74) is 5.15. The molecule has 0 unspecified atom stereocenters. The molecule has 0 radical (unpaired) electrons. The molecule has 2 aliphatic rings. The number of rotatable bonds is 4. The van der Waals surface area contributed by atoms with E-state index in [4.69, 9.17) is 15.1 Å². The molecule has 0 bridgehead atoms. The second kappa shape index (κ2) is 7.17. The molecule has 0 amide bonds. The van der Waals surface area contributed by atoms with E-state index < -0.39 is 0 Å². The summed E-state index contributed by atoms with van der Waals surface area (Å²) in [6.45, 7) is 8.38. The van der Waals surface area contributed by atoms with Crippen LogP contribution in [0.2, 0.25) is 0 Å². The summed E-state index contributed by atoms with van der Waals surface area (Å²) in [6, 6.07) is 2.15. The molecular weight excluding hydrogens is 364 g/mol. The van der Waals surface area contributed by atoms with E-state index in [2.05, 4.69) is 27.9 Å². The minimum atomic E-state index is 0.826. The second-order valence-electron chi connectivity index (χ2n) is 8.09. The highest BCUT2D eigenvalue weighted by Gasteiger charge is 2.20. The predicted octanol–water partition coefficient (Wildman–Crippen LogP) is 2.85. The molecule has 0 saturated carbocycles. The first kappa shape index (κ1) is 18.1. The highest BCUT2D eigenvalue weighted by Crippen LogP contribution is 2.27. The molecular formula is C21H28N8. The molecule has 2 saturated heterocycles. The quantitative estimate of drug-likeness (QED) is 0.680. The van der Waals surface area contributed by atoms with Crippen molar-refractivity contribution in [3.05, 3.63) is 29.0 Å². The van der Waals surface area contributed by atoms with Gasteiger partial charge in [-0.25, -0.2) is 14.2 Å². The molecule has 5 heterocycles. The molecule has 0 aromatic carbocycles. The molecule has 2 aliphatic heterocycles. The maximum Gasteiger partial charge on any atom is 0.245 e. The average molecular weight is 393 g/mol. The first-order valence-corrected chi connectivity index (χ1v) is 10.6. The SMILES string of the molecule is Cc1nc2c(N3CCCC3)cc(/C=C/c3nc(N4CCCC4)nn3C)nn2c1C. The van der Waals surface area contributed by atoms with E-state index >= 15 is 0 Å². The number of aryl methyl sites for hydroxylation is 3. The van der Waals surface area contributed by atoms with Crippen molar-refractivity contribution in [1.29, 1.82) is 0 Å². The molecule has 29 heavy (non-hydrogen) atoms. The molecule has 3 aromatic heterocycles. The lowest BCUT2D eigenvalue weighted by atomic mass is 10.3. The highest BCUT2D eigenvalue weighted by atomic mass is 15.4. The minimum Gasteiger partial charge on any atom is -0.368 e. The van der Waals surface area contributed by atoms with E-state index in [1.165, 1.54) is 31.4 Å². The molecule has 0 atom stereocenters. The van der Waals surface area contributed by atoms with Crippen LogP contribution in [0.5, 0.6) is 0 Å². The predicted molar refractivity (Wildman–Crippen MR) is 115 cm³/mol. The third-order valence-corrected chi connectivity index (χ3v) is 6.07. The summed E-state index contributed by atoms with van der Waals surface area (Å²) in [6.07, 6.45) is 8.94. The lowest BCUT2D eigenvalue weighted by Crippen LogP contribution is -2.19. The van der Waals surface area contributed by atoms with Gasteiger partial charge in [-0.1, -0.05) is 0 Å². The van der Waals surface area contributed by atoms with Crippen LogP contribution < -0.4 is 9.80 Å². The van der Waals surface area contributed by atoms with Crippen LogP contribution in [-0.4, -0.2) is 55.5 Å². The zero-order valence-electron chi connectivity index (χ0n) is 17.5. The van der Waals surface area contributed by atoms with Crippen LogP contribution in [0, 0.1) is 13.8 Å². The van der Waals surface area contributed by atoms with Gasteiger partial charge in [-0.15, -0.1) is 5.10 Å². The van der Waals surface area contributed by atoms with Crippen LogP contribution in [0.25, 0.3) is 17.8 Å². The molecule has 8 heteroatoms. The second-order valence-corrected chi connectivity index (χ2v) is 8.09. The average Bonchev–Trinajstić information content (AvgIpc) is 3.49. The normalized spacial score (nSPS) is 17.5. The zero-order valence-corrected chi connectivity index (χ0v) is 17.5. The smallest absolute Gasteiger partial charge is 0.245 e. The first-order valence-electron chi connectivity index (χ1n) is 10.6. The molecule has 152 valence electrons. The number of fused-ring (bicyclic) bond motifs is 1. The number of nitrogens with zero attached hydrogens (tertiary/aromatic N) is 8. The van der Waals surface area contributed by atoms with Gasteiger partial charge in [0, 0.05) is 33.2 Å². The number of aromatic nitrogens is 6. The molecule has 3 aromatic rings. The maximum absolute atomic E-state index is 4.83. The lowest BCUT2D eigenvalue weighted by molar-refractivity contribution is 0.747. The Labute approximate surface area is 170 Å². The van der Waals surface area contributed by atoms with Crippen molar-refractivity contribution in [2.75, 3.05) is 36.0 Å². The van der Waals surface area contributed by atoms with E-state index in [-0.39, 0.29) is 0 Å². The van der Waals surface area contributed by atoms with Crippen LogP contribution in [0.4, 0.5) is 11.6 Å². The molecule has 0 aliphatic carbocycles. The Kier molecular flexibility index (Phi) is 4.49. The summed E-state index contributed by atoms with van der Waals surface area (Å²) < 4.78 is 3.83. The van der Waals surface area contributed by atoms with E-state index in [9.17, 15) is 0 Å². The molecule has 8 nitrogen and oxygen atoms in total. The number of anilines is 2. The van der Waals surface area contributed by atoms with Crippen LogP contribution in [0.1, 0.15) is 48.6 Å². The van der Waals surface area contributed by atoms with E-state index in [0.717, 1.165) is 60.7 Å². The van der Waals surface area contributed by atoms with E-state index in [0.29, 0.717) is 0 Å². The Bertz CT molecular complexity index is 1060. The van der Waals surface area contributed by atoms with Gasteiger partial charge in [0.05, 0.1) is 22.8 Å². The van der Waals surface area contributed by atoms with Gasteiger partial charge in [-0.2, -0.15) is 10.1 Å². The summed E-state index contributed by atoms with van der Waals surface area (Å²) >= 11 is 0. The Hall–Kier alpha value is -2.90. The number of imidazole rings is 1. The van der Waals surface area contributed by atoms with Gasteiger partial charge in [0.1, 0.15) is 0 Å². The Morgan fingerprint density at radius 1 is 0.862 bits per heavy atom. The Morgan fingerprint density at radius 3 is 2.28 bits per heavy atom. The topological polar surface area (TPSA) is 67.4 Å². The first-order chi connectivity index (χ1) is 14.1. The standard InChI is InChI=1S/C21H28N8/c1-15-16(2)29-20(22-15)18(27-10-4-5-11-27)14-17(24-29)8-9-19-23-21(25-26(19)3)28-12-6-7-13-28/h8-9,14H,4-7,10-13H2,1-3H3/b9-8+. The van der Waals surface area contributed by atoms with E-state index in [1.54, 1.807) is 0 Å². The number of hydrogen-bond donors (Lipinski definition) is 0. The minimum absolute atomic E-state index is 0.826. The van der Waals surface area contributed by atoms with Crippen LogP contribution in [-0.2, 0) is 7.05 Å². The van der Waals surface area contributed by atoms with Crippen molar-refractivity contribution >= 4 is 29.4 Å². The fourth-order valence-corrected chi connectivity index (χ4v) is 4.25. The molecule has 0 spiro atoms. The van der Waals surface area contributed by atoms with Crippen LogP contribution in [0.15, 0.2) is 6.07 Å². The van der Waals surface area contributed by atoms with Crippen LogP contribution in [0.3, 0.4) is 0 Å². The maximum atomic E-state index is 4.83. The Morgan fingerprint density at radius 2 is 1.55 bits per heavy atom. The van der Waals surface area contributed by atoms with Crippen molar-refractivity contribution in [2.24, 2.45) is 7.05 Å². The van der Waals surface area contributed by atoms with Crippen molar-refractivity contribution < 1.29 is 0 Å². The highest BCUT2D eigenvalue weighted by molar-refractivity contribution is 5.75. The number of hydrogen-bond acceptors (Lipinski definition) is 6. The molecule has 2 fully saturated rings. The van der Waals surface area contributed by atoms with Gasteiger partial charge in [0.2, 0.25) is 5.95 Å². The van der Waals surface area contributed by atoms with E-state index in [1.807, 2.05) is 35.3 Å². The summed E-state index contributed by atoms with van der Waals surface area (Å²) in [7, 11) is 1.95. The Balaban J connectivity index is 1.51. The zero-order chi connectivity index (χ0) is 20.0. The monoisotopic (exact) mass is 392 g/mol. The summed E-state index contributed by atoms with van der Waals surface area (Å²) in [5, 5.41) is 9.42. The van der Waals surface area contributed by atoms with Crippen molar-refractivity contribution in [2.45, 2.75) is 39.5 Å². The largest absolute Gasteiger partial charge is 0.368 e. The van der Waals surface area contributed by atoms with Crippen molar-refractivity contribution in [1.82, 2.24) is 29.4 Å². The molecule has 5 rings (SSSR count). The van der Waals surface area contributed by atoms with Gasteiger partial charge in [-0.3, -0.25) is 0 Å². The van der Waals surface area contributed by atoms with Crippen LogP contribution >= 0.6 is 0 Å². The van der Waals surface area contributed by atoms with Gasteiger partial charge in [0.25, 0.3) is 0 Å². The summed E-state index contributed by atoms with van der Waals surface area (Å²) in [5.74, 6) is 1.67. The van der Waals surface area contributed by atoms with Gasteiger partial charge in [0.15, 0.2) is 11.5 Å². The van der Waals surface area contributed by atoms with Crippen molar-refractivity contribution in [3.8, 4) is 0 Å².